The molecule has 1 N–H and O–H groups in total. The van der Waals surface area contributed by atoms with Gasteiger partial charge >= 0.3 is 0 Å². The highest BCUT2D eigenvalue weighted by Crippen LogP contribution is 2.32. The second kappa shape index (κ2) is 5.17. The molecule has 3 heteroatoms. The van der Waals surface area contributed by atoms with Gasteiger partial charge in [0.2, 0.25) is 0 Å². The third-order valence-corrected chi connectivity index (χ3v) is 3.71. The van der Waals surface area contributed by atoms with Crippen LogP contribution in [0, 0.1) is 0 Å². The Balaban J connectivity index is 2.07. The van der Waals surface area contributed by atoms with E-state index in [9.17, 15) is 5.11 Å². The van der Waals surface area contributed by atoms with E-state index in [0.717, 1.165) is 35.2 Å². The van der Waals surface area contributed by atoms with Crippen molar-refractivity contribution in [3.63, 3.8) is 0 Å². The van der Waals surface area contributed by atoms with Crippen molar-refractivity contribution in [2.24, 2.45) is 0 Å². The maximum atomic E-state index is 9.58. The van der Waals surface area contributed by atoms with Gasteiger partial charge in [-0.2, -0.15) is 0 Å². The Morgan fingerprint density at radius 3 is 2.79 bits per heavy atom. The zero-order valence-electron chi connectivity index (χ0n) is 11.3. The van der Waals surface area contributed by atoms with Crippen LogP contribution in [-0.2, 0) is 6.61 Å². The number of rotatable bonds is 5. The average molecular weight is 256 g/mol. The van der Waals surface area contributed by atoms with Gasteiger partial charge in [-0.1, -0.05) is 25.1 Å². The van der Waals surface area contributed by atoms with E-state index in [0.29, 0.717) is 6.04 Å². The van der Waals surface area contributed by atoms with Gasteiger partial charge in [0.1, 0.15) is 5.82 Å². The zero-order valence-corrected chi connectivity index (χ0v) is 11.3. The molecule has 0 unspecified atom stereocenters. The van der Waals surface area contributed by atoms with Crippen molar-refractivity contribution in [3.8, 4) is 0 Å². The molecular formula is C16H20N2O. The van der Waals surface area contributed by atoms with E-state index in [1.54, 1.807) is 0 Å². The van der Waals surface area contributed by atoms with Gasteiger partial charge in [0.05, 0.1) is 12.1 Å². The first-order valence-electron chi connectivity index (χ1n) is 7.09. The van der Waals surface area contributed by atoms with Crippen LogP contribution in [0.5, 0.6) is 0 Å². The standard InChI is InChI=1S/C16H20N2O/c1-2-9-18(13-7-8-13)16-10-12(11-19)14-5-3-4-6-15(14)17-16/h3-6,10,13,19H,2,7-9,11H2,1H3. The van der Waals surface area contributed by atoms with Crippen LogP contribution < -0.4 is 4.90 Å². The number of aromatic nitrogens is 1. The first-order valence-corrected chi connectivity index (χ1v) is 7.09. The number of pyridine rings is 1. The van der Waals surface area contributed by atoms with Gasteiger partial charge in [-0.25, -0.2) is 4.98 Å². The summed E-state index contributed by atoms with van der Waals surface area (Å²) in [6, 6.07) is 10.7. The normalized spacial score (nSPS) is 14.8. The largest absolute Gasteiger partial charge is 0.392 e. The van der Waals surface area contributed by atoms with Crippen molar-refractivity contribution in [3.05, 3.63) is 35.9 Å². The molecule has 1 aromatic carbocycles. The van der Waals surface area contributed by atoms with Crippen LogP contribution in [0.15, 0.2) is 30.3 Å². The molecule has 3 nitrogen and oxygen atoms in total. The Morgan fingerprint density at radius 1 is 1.32 bits per heavy atom. The summed E-state index contributed by atoms with van der Waals surface area (Å²) in [4.78, 5) is 7.17. The van der Waals surface area contributed by atoms with Gasteiger partial charge in [-0.05, 0) is 37.0 Å². The molecule has 0 atom stereocenters. The van der Waals surface area contributed by atoms with Crippen molar-refractivity contribution in [1.82, 2.24) is 4.98 Å². The van der Waals surface area contributed by atoms with Crippen molar-refractivity contribution in [2.45, 2.75) is 38.8 Å². The summed E-state index contributed by atoms with van der Waals surface area (Å²) in [6.07, 6.45) is 3.66. The van der Waals surface area contributed by atoms with Crippen molar-refractivity contribution < 1.29 is 5.11 Å². The Hall–Kier alpha value is -1.61. The highest BCUT2D eigenvalue weighted by atomic mass is 16.3. The molecule has 1 aliphatic carbocycles. The lowest BCUT2D eigenvalue weighted by Gasteiger charge is -2.24. The summed E-state index contributed by atoms with van der Waals surface area (Å²) in [5.41, 5.74) is 1.95. The second-order valence-electron chi connectivity index (χ2n) is 5.24. The topological polar surface area (TPSA) is 36.4 Å². The number of hydrogen-bond donors (Lipinski definition) is 1. The van der Waals surface area contributed by atoms with E-state index in [-0.39, 0.29) is 6.61 Å². The number of hydrogen-bond acceptors (Lipinski definition) is 3. The van der Waals surface area contributed by atoms with E-state index in [1.807, 2.05) is 24.3 Å². The molecule has 1 saturated carbocycles. The van der Waals surface area contributed by atoms with E-state index >= 15 is 0 Å². The molecule has 1 aromatic heterocycles. The van der Waals surface area contributed by atoms with Gasteiger partial charge < -0.3 is 10.0 Å². The third kappa shape index (κ3) is 2.43. The monoisotopic (exact) mass is 256 g/mol. The van der Waals surface area contributed by atoms with Gasteiger partial charge in [-0.3, -0.25) is 0 Å². The molecule has 3 rings (SSSR count). The van der Waals surface area contributed by atoms with Crippen LogP contribution in [0.4, 0.5) is 5.82 Å². The van der Waals surface area contributed by atoms with Crippen LogP contribution in [0.1, 0.15) is 31.7 Å². The number of fused-ring (bicyclic) bond motifs is 1. The molecule has 1 heterocycles. The predicted octanol–water partition coefficient (Wildman–Crippen LogP) is 3.11. The van der Waals surface area contributed by atoms with Crippen LogP contribution >= 0.6 is 0 Å². The first-order chi connectivity index (χ1) is 9.33. The maximum Gasteiger partial charge on any atom is 0.129 e. The third-order valence-electron chi connectivity index (χ3n) is 3.71. The molecule has 0 saturated heterocycles. The quantitative estimate of drug-likeness (QED) is 0.893. The number of para-hydroxylation sites is 1. The maximum absolute atomic E-state index is 9.58. The van der Waals surface area contributed by atoms with E-state index < -0.39 is 0 Å². The van der Waals surface area contributed by atoms with Gasteiger partial charge in [0.15, 0.2) is 0 Å². The smallest absolute Gasteiger partial charge is 0.129 e. The lowest BCUT2D eigenvalue weighted by molar-refractivity contribution is 0.283. The minimum Gasteiger partial charge on any atom is -0.392 e. The van der Waals surface area contributed by atoms with Crippen molar-refractivity contribution in [1.29, 1.82) is 0 Å². The average Bonchev–Trinajstić information content (AvgIpc) is 3.28. The number of aliphatic hydroxyl groups is 1. The molecule has 0 bridgehead atoms. The van der Waals surface area contributed by atoms with Crippen molar-refractivity contribution >= 4 is 16.7 Å². The van der Waals surface area contributed by atoms with Gasteiger partial charge in [0.25, 0.3) is 0 Å². The summed E-state index contributed by atoms with van der Waals surface area (Å²) >= 11 is 0. The zero-order chi connectivity index (χ0) is 13.2. The van der Waals surface area contributed by atoms with Gasteiger partial charge in [0, 0.05) is 18.0 Å². The number of aliphatic hydroxyl groups excluding tert-OH is 1. The Labute approximate surface area is 113 Å². The Morgan fingerprint density at radius 2 is 2.11 bits per heavy atom. The Bertz CT molecular complexity index is 578. The molecule has 2 aromatic rings. The minimum absolute atomic E-state index is 0.0701. The molecule has 0 aliphatic heterocycles. The number of benzene rings is 1. The lowest BCUT2D eigenvalue weighted by atomic mass is 10.1. The highest BCUT2D eigenvalue weighted by molar-refractivity contribution is 5.84. The predicted molar refractivity (Wildman–Crippen MR) is 78.3 cm³/mol. The fourth-order valence-corrected chi connectivity index (χ4v) is 2.62. The Kier molecular flexibility index (Phi) is 3.38. The molecule has 1 aliphatic rings. The van der Waals surface area contributed by atoms with Crippen LogP contribution in [-0.4, -0.2) is 22.7 Å². The van der Waals surface area contributed by atoms with Crippen LogP contribution in [0.2, 0.25) is 0 Å². The van der Waals surface area contributed by atoms with Crippen LogP contribution in [0.3, 0.4) is 0 Å². The van der Waals surface area contributed by atoms with E-state index in [4.69, 9.17) is 4.98 Å². The summed E-state index contributed by atoms with van der Waals surface area (Å²) in [7, 11) is 0. The molecule has 19 heavy (non-hydrogen) atoms. The second-order valence-corrected chi connectivity index (χ2v) is 5.24. The fourth-order valence-electron chi connectivity index (χ4n) is 2.62. The molecule has 0 amide bonds. The summed E-state index contributed by atoms with van der Waals surface area (Å²) in [5, 5.41) is 10.6. The lowest BCUT2D eigenvalue weighted by Crippen LogP contribution is -2.27. The first kappa shape index (κ1) is 12.4. The SMILES string of the molecule is CCCN(c1cc(CO)c2ccccc2n1)C1CC1. The molecule has 0 spiro atoms. The molecular weight excluding hydrogens is 236 g/mol. The number of nitrogens with zero attached hydrogens (tertiary/aromatic N) is 2. The molecule has 100 valence electrons. The highest BCUT2D eigenvalue weighted by Gasteiger charge is 2.29. The van der Waals surface area contributed by atoms with Crippen LogP contribution in [0.25, 0.3) is 10.9 Å². The summed E-state index contributed by atoms with van der Waals surface area (Å²) in [6.45, 7) is 3.31. The number of anilines is 1. The summed E-state index contributed by atoms with van der Waals surface area (Å²) in [5.74, 6) is 1.02. The van der Waals surface area contributed by atoms with E-state index in [1.165, 1.54) is 12.8 Å². The van der Waals surface area contributed by atoms with E-state index in [2.05, 4.69) is 17.9 Å². The molecule has 0 radical (unpaired) electrons. The minimum atomic E-state index is 0.0701. The molecule has 1 fully saturated rings. The van der Waals surface area contributed by atoms with Gasteiger partial charge in [-0.15, -0.1) is 0 Å². The summed E-state index contributed by atoms with van der Waals surface area (Å²) < 4.78 is 0. The fraction of sp³-hybridized carbons (Fsp3) is 0.438. The van der Waals surface area contributed by atoms with Crippen molar-refractivity contribution in [2.75, 3.05) is 11.4 Å².